The fourth-order valence-electron chi connectivity index (χ4n) is 2.38. The maximum Gasteiger partial charge on any atom is 0.291 e. The number of carbonyl (C=O) groups is 1. The molecule has 3 rings (SSSR count). The molecule has 5 heteroatoms. The molecule has 1 heterocycles. The van der Waals surface area contributed by atoms with Gasteiger partial charge in [-0.05, 0) is 32.9 Å². The average molecular weight is 320 g/mol. The highest BCUT2D eigenvalue weighted by Gasteiger charge is 2.19. The summed E-state index contributed by atoms with van der Waals surface area (Å²) in [6, 6.07) is 17.7. The SMILES string of the molecule is Cc1ccc(-n2nc(C(=O)NC(C)C)nc2-c2ccccc2)cc1. The first-order chi connectivity index (χ1) is 11.5. The molecule has 3 aromatic rings. The van der Waals surface area contributed by atoms with E-state index in [9.17, 15) is 4.79 Å². The van der Waals surface area contributed by atoms with E-state index in [1.807, 2.05) is 75.4 Å². The van der Waals surface area contributed by atoms with Crippen LogP contribution >= 0.6 is 0 Å². The van der Waals surface area contributed by atoms with Crippen LogP contribution in [-0.2, 0) is 0 Å². The quantitative estimate of drug-likeness (QED) is 0.801. The summed E-state index contributed by atoms with van der Waals surface area (Å²) < 4.78 is 1.71. The Hall–Kier alpha value is -2.95. The van der Waals surface area contributed by atoms with Gasteiger partial charge < -0.3 is 5.32 Å². The second-order valence-corrected chi connectivity index (χ2v) is 6.00. The van der Waals surface area contributed by atoms with E-state index in [4.69, 9.17) is 0 Å². The van der Waals surface area contributed by atoms with Crippen molar-refractivity contribution in [3.8, 4) is 17.1 Å². The van der Waals surface area contributed by atoms with Crippen LogP contribution in [0.5, 0.6) is 0 Å². The molecule has 0 aliphatic carbocycles. The standard InChI is InChI=1S/C19H20N4O/c1-13(2)20-19(24)17-21-18(15-7-5-4-6-8-15)23(22-17)16-11-9-14(3)10-12-16/h4-13H,1-3H3,(H,20,24). The van der Waals surface area contributed by atoms with Crippen LogP contribution in [0.3, 0.4) is 0 Å². The Morgan fingerprint density at radius 1 is 1.04 bits per heavy atom. The summed E-state index contributed by atoms with van der Waals surface area (Å²) in [4.78, 5) is 16.8. The summed E-state index contributed by atoms with van der Waals surface area (Å²) in [5.74, 6) is 0.546. The highest BCUT2D eigenvalue weighted by atomic mass is 16.2. The predicted molar refractivity (Wildman–Crippen MR) is 94.1 cm³/mol. The number of benzene rings is 2. The molecule has 1 N–H and O–H groups in total. The summed E-state index contributed by atoms with van der Waals surface area (Å²) in [7, 11) is 0. The summed E-state index contributed by atoms with van der Waals surface area (Å²) in [6.07, 6.45) is 0. The van der Waals surface area contributed by atoms with Gasteiger partial charge in [0.05, 0.1) is 5.69 Å². The van der Waals surface area contributed by atoms with Crippen LogP contribution in [-0.4, -0.2) is 26.7 Å². The molecule has 0 unspecified atom stereocenters. The van der Waals surface area contributed by atoms with E-state index in [1.54, 1.807) is 4.68 Å². The summed E-state index contributed by atoms with van der Waals surface area (Å²) >= 11 is 0. The second kappa shape index (κ2) is 6.66. The molecule has 1 amide bonds. The topological polar surface area (TPSA) is 59.8 Å². The maximum atomic E-state index is 12.3. The first-order valence-corrected chi connectivity index (χ1v) is 7.95. The molecule has 0 atom stereocenters. The third kappa shape index (κ3) is 3.35. The van der Waals surface area contributed by atoms with Gasteiger partial charge in [-0.25, -0.2) is 9.67 Å². The van der Waals surface area contributed by atoms with Gasteiger partial charge in [0, 0.05) is 11.6 Å². The zero-order chi connectivity index (χ0) is 17.1. The van der Waals surface area contributed by atoms with Gasteiger partial charge in [0.25, 0.3) is 5.91 Å². The van der Waals surface area contributed by atoms with Gasteiger partial charge in [0.1, 0.15) is 0 Å². The second-order valence-electron chi connectivity index (χ2n) is 6.00. The van der Waals surface area contributed by atoms with Crippen molar-refractivity contribution < 1.29 is 4.79 Å². The molecule has 2 aromatic carbocycles. The lowest BCUT2D eigenvalue weighted by atomic mass is 10.2. The Morgan fingerprint density at radius 3 is 2.33 bits per heavy atom. The van der Waals surface area contributed by atoms with Gasteiger partial charge >= 0.3 is 0 Å². The van der Waals surface area contributed by atoms with Crippen LogP contribution in [0.25, 0.3) is 17.1 Å². The van der Waals surface area contributed by atoms with Crippen molar-refractivity contribution in [2.24, 2.45) is 0 Å². The van der Waals surface area contributed by atoms with Gasteiger partial charge in [-0.1, -0.05) is 48.0 Å². The molecule has 122 valence electrons. The molecule has 24 heavy (non-hydrogen) atoms. The van der Waals surface area contributed by atoms with Gasteiger partial charge in [0.15, 0.2) is 5.82 Å². The predicted octanol–water partition coefficient (Wildman–Crippen LogP) is 3.38. The summed E-state index contributed by atoms with van der Waals surface area (Å²) in [5.41, 5.74) is 2.95. The van der Waals surface area contributed by atoms with Crippen molar-refractivity contribution in [1.29, 1.82) is 0 Å². The molecule has 0 saturated carbocycles. The Balaban J connectivity index is 2.10. The van der Waals surface area contributed by atoms with Crippen molar-refractivity contribution >= 4 is 5.91 Å². The third-order valence-electron chi connectivity index (χ3n) is 3.54. The third-order valence-corrected chi connectivity index (χ3v) is 3.54. The van der Waals surface area contributed by atoms with Crippen molar-refractivity contribution in [3.63, 3.8) is 0 Å². The minimum Gasteiger partial charge on any atom is -0.347 e. The molecule has 0 fully saturated rings. The minimum absolute atomic E-state index is 0.0315. The molecule has 1 aromatic heterocycles. The van der Waals surface area contributed by atoms with Gasteiger partial charge in [0.2, 0.25) is 5.82 Å². The van der Waals surface area contributed by atoms with Gasteiger partial charge in [-0.2, -0.15) is 0 Å². The lowest BCUT2D eigenvalue weighted by molar-refractivity contribution is 0.0932. The van der Waals surface area contributed by atoms with E-state index >= 15 is 0 Å². The number of aromatic nitrogens is 3. The largest absolute Gasteiger partial charge is 0.347 e. The number of rotatable bonds is 4. The number of amides is 1. The van der Waals surface area contributed by atoms with Crippen LogP contribution in [0.1, 0.15) is 30.0 Å². The van der Waals surface area contributed by atoms with Crippen molar-refractivity contribution in [2.75, 3.05) is 0 Å². The van der Waals surface area contributed by atoms with Gasteiger partial charge in [-0.15, -0.1) is 5.10 Å². The Bertz CT molecular complexity index is 836. The zero-order valence-electron chi connectivity index (χ0n) is 14.0. The maximum absolute atomic E-state index is 12.3. The van der Waals surface area contributed by atoms with E-state index in [1.165, 1.54) is 0 Å². The molecular formula is C19H20N4O. The minimum atomic E-state index is -0.270. The monoisotopic (exact) mass is 320 g/mol. The van der Waals surface area contributed by atoms with Crippen LogP contribution in [0.4, 0.5) is 0 Å². The highest BCUT2D eigenvalue weighted by Crippen LogP contribution is 2.21. The molecule has 5 nitrogen and oxygen atoms in total. The molecular weight excluding hydrogens is 300 g/mol. The number of aryl methyl sites for hydroxylation is 1. The van der Waals surface area contributed by atoms with Crippen molar-refractivity contribution in [1.82, 2.24) is 20.1 Å². The first kappa shape index (κ1) is 15.9. The fourth-order valence-corrected chi connectivity index (χ4v) is 2.38. The number of hydrogen-bond donors (Lipinski definition) is 1. The summed E-state index contributed by atoms with van der Waals surface area (Å²) in [6.45, 7) is 5.85. The van der Waals surface area contributed by atoms with Crippen LogP contribution in [0.2, 0.25) is 0 Å². The van der Waals surface area contributed by atoms with Gasteiger partial charge in [-0.3, -0.25) is 4.79 Å². The first-order valence-electron chi connectivity index (χ1n) is 7.95. The number of nitrogens with one attached hydrogen (secondary N) is 1. The lowest BCUT2D eigenvalue weighted by Crippen LogP contribution is -2.31. The van der Waals surface area contributed by atoms with E-state index in [0.717, 1.165) is 16.8 Å². The molecule has 0 spiro atoms. The molecule has 0 radical (unpaired) electrons. The van der Waals surface area contributed by atoms with E-state index < -0.39 is 0 Å². The van der Waals surface area contributed by atoms with E-state index in [0.29, 0.717) is 5.82 Å². The number of hydrogen-bond acceptors (Lipinski definition) is 3. The molecule has 0 saturated heterocycles. The van der Waals surface area contributed by atoms with Crippen molar-refractivity contribution in [3.05, 3.63) is 66.0 Å². The van der Waals surface area contributed by atoms with E-state index in [2.05, 4.69) is 15.4 Å². The number of nitrogens with zero attached hydrogens (tertiary/aromatic N) is 3. The van der Waals surface area contributed by atoms with Crippen LogP contribution in [0.15, 0.2) is 54.6 Å². The normalized spacial score (nSPS) is 10.8. The summed E-state index contributed by atoms with van der Waals surface area (Å²) in [5, 5.41) is 7.27. The van der Waals surface area contributed by atoms with Crippen LogP contribution < -0.4 is 5.32 Å². The molecule has 0 aliphatic heterocycles. The smallest absolute Gasteiger partial charge is 0.291 e. The number of carbonyl (C=O) groups excluding carboxylic acids is 1. The molecule has 0 bridgehead atoms. The Kier molecular flexibility index (Phi) is 4.42. The average Bonchev–Trinajstić information content (AvgIpc) is 3.01. The lowest BCUT2D eigenvalue weighted by Gasteiger charge is -2.06. The van der Waals surface area contributed by atoms with E-state index in [-0.39, 0.29) is 17.8 Å². The van der Waals surface area contributed by atoms with Crippen molar-refractivity contribution in [2.45, 2.75) is 26.8 Å². The Morgan fingerprint density at radius 2 is 1.71 bits per heavy atom. The Labute approximate surface area is 141 Å². The zero-order valence-corrected chi connectivity index (χ0v) is 14.0. The highest BCUT2D eigenvalue weighted by molar-refractivity contribution is 5.91. The fraction of sp³-hybridized carbons (Fsp3) is 0.211. The molecule has 0 aliphatic rings. The van der Waals surface area contributed by atoms with Crippen LogP contribution in [0, 0.1) is 6.92 Å².